The van der Waals surface area contributed by atoms with Crippen LogP contribution in [0.25, 0.3) is 0 Å². The number of aromatic nitrogens is 1. The number of nitrogens with one attached hydrogen (secondary N) is 1. The summed E-state index contributed by atoms with van der Waals surface area (Å²) in [6.07, 6.45) is 2.98. The van der Waals surface area contributed by atoms with Gasteiger partial charge in [0.05, 0.1) is 11.1 Å². The molecule has 0 fully saturated rings. The number of benzene rings is 2. The second-order valence-electron chi connectivity index (χ2n) is 6.44. The number of amides is 2. The number of nitrogens with zero attached hydrogens (tertiary/aromatic N) is 2. The Morgan fingerprint density at radius 2 is 1.50 bits per heavy atom. The molecule has 0 unspecified atom stereocenters. The Kier molecular flexibility index (Phi) is 6.52. The zero-order chi connectivity index (χ0) is 19.8. The van der Waals surface area contributed by atoms with E-state index >= 15 is 0 Å². The van der Waals surface area contributed by atoms with Crippen LogP contribution in [-0.2, 0) is 13.1 Å². The molecular formula is C23H23N3O2. The van der Waals surface area contributed by atoms with Crippen LogP contribution < -0.4 is 5.32 Å². The second kappa shape index (κ2) is 9.46. The van der Waals surface area contributed by atoms with E-state index in [4.69, 9.17) is 0 Å². The van der Waals surface area contributed by atoms with Crippen LogP contribution in [0.2, 0.25) is 0 Å². The highest BCUT2D eigenvalue weighted by Gasteiger charge is 2.17. The normalized spacial score (nSPS) is 10.3. The third kappa shape index (κ3) is 5.04. The van der Waals surface area contributed by atoms with Crippen molar-refractivity contribution in [2.45, 2.75) is 20.0 Å². The quantitative estimate of drug-likeness (QED) is 0.687. The lowest BCUT2D eigenvalue weighted by molar-refractivity contribution is 0.0752. The van der Waals surface area contributed by atoms with Crippen molar-refractivity contribution < 1.29 is 9.59 Å². The van der Waals surface area contributed by atoms with Crippen molar-refractivity contribution in [3.05, 3.63) is 101 Å². The van der Waals surface area contributed by atoms with Crippen molar-refractivity contribution >= 4 is 11.8 Å². The number of carbonyl (C=O) groups is 2. The summed E-state index contributed by atoms with van der Waals surface area (Å²) in [4.78, 5) is 31.2. The van der Waals surface area contributed by atoms with E-state index < -0.39 is 0 Å². The Morgan fingerprint density at radius 3 is 2.14 bits per heavy atom. The molecule has 0 saturated heterocycles. The first-order valence-corrected chi connectivity index (χ1v) is 9.27. The summed E-state index contributed by atoms with van der Waals surface area (Å²) in [5.41, 5.74) is 2.85. The van der Waals surface area contributed by atoms with E-state index in [0.29, 0.717) is 30.8 Å². The van der Waals surface area contributed by atoms with E-state index in [2.05, 4.69) is 10.3 Å². The van der Waals surface area contributed by atoms with Gasteiger partial charge in [-0.15, -0.1) is 0 Å². The molecule has 3 rings (SSSR count). The van der Waals surface area contributed by atoms with E-state index in [1.54, 1.807) is 11.0 Å². The van der Waals surface area contributed by atoms with Gasteiger partial charge in [-0.1, -0.05) is 60.7 Å². The van der Waals surface area contributed by atoms with Gasteiger partial charge in [0.1, 0.15) is 0 Å². The zero-order valence-electron chi connectivity index (χ0n) is 15.8. The third-order valence-electron chi connectivity index (χ3n) is 4.43. The summed E-state index contributed by atoms with van der Waals surface area (Å²) in [6.45, 7) is 3.44. The Balaban J connectivity index is 1.68. The van der Waals surface area contributed by atoms with Crippen molar-refractivity contribution in [1.29, 1.82) is 0 Å². The van der Waals surface area contributed by atoms with Gasteiger partial charge in [-0.05, 0) is 24.1 Å². The van der Waals surface area contributed by atoms with E-state index in [9.17, 15) is 9.59 Å². The molecule has 0 atom stereocenters. The van der Waals surface area contributed by atoms with Crippen molar-refractivity contribution in [3.63, 3.8) is 0 Å². The fourth-order valence-corrected chi connectivity index (χ4v) is 2.87. The van der Waals surface area contributed by atoms with Gasteiger partial charge < -0.3 is 10.2 Å². The maximum Gasteiger partial charge on any atom is 0.255 e. The average molecular weight is 373 g/mol. The molecule has 0 spiro atoms. The first-order valence-electron chi connectivity index (χ1n) is 9.27. The molecule has 2 aromatic carbocycles. The lowest BCUT2D eigenvalue weighted by Gasteiger charge is -2.21. The van der Waals surface area contributed by atoms with Gasteiger partial charge in [-0.3, -0.25) is 14.6 Å². The van der Waals surface area contributed by atoms with Crippen LogP contribution in [0.5, 0.6) is 0 Å². The van der Waals surface area contributed by atoms with Gasteiger partial charge in [0.15, 0.2) is 0 Å². The number of hydrogen-bond acceptors (Lipinski definition) is 3. The van der Waals surface area contributed by atoms with Crippen LogP contribution in [0, 0.1) is 0 Å². The molecule has 0 aliphatic rings. The second-order valence-corrected chi connectivity index (χ2v) is 6.44. The largest absolute Gasteiger partial charge is 0.348 e. The van der Waals surface area contributed by atoms with E-state index in [1.807, 2.05) is 67.6 Å². The molecule has 142 valence electrons. The molecule has 1 aromatic heterocycles. The highest BCUT2D eigenvalue weighted by Crippen LogP contribution is 2.11. The van der Waals surface area contributed by atoms with Crippen molar-refractivity contribution in [3.8, 4) is 0 Å². The monoisotopic (exact) mass is 373 g/mol. The number of pyridine rings is 1. The van der Waals surface area contributed by atoms with Crippen molar-refractivity contribution in [1.82, 2.24) is 15.2 Å². The van der Waals surface area contributed by atoms with Crippen LogP contribution in [0.1, 0.15) is 38.8 Å². The van der Waals surface area contributed by atoms with Gasteiger partial charge in [0, 0.05) is 32.0 Å². The van der Waals surface area contributed by atoms with Crippen molar-refractivity contribution in [2.75, 3.05) is 6.54 Å². The molecule has 2 amide bonds. The smallest absolute Gasteiger partial charge is 0.255 e. The summed E-state index contributed by atoms with van der Waals surface area (Å²) < 4.78 is 0. The lowest BCUT2D eigenvalue weighted by atomic mass is 10.1. The van der Waals surface area contributed by atoms with Crippen LogP contribution in [-0.4, -0.2) is 28.2 Å². The minimum Gasteiger partial charge on any atom is -0.348 e. The minimum atomic E-state index is -0.253. The third-order valence-corrected chi connectivity index (χ3v) is 4.43. The Bertz CT molecular complexity index is 927. The predicted octanol–water partition coefficient (Wildman–Crippen LogP) is 3.67. The van der Waals surface area contributed by atoms with E-state index in [1.165, 1.54) is 12.4 Å². The van der Waals surface area contributed by atoms with Gasteiger partial charge >= 0.3 is 0 Å². The van der Waals surface area contributed by atoms with Crippen LogP contribution in [0.4, 0.5) is 0 Å². The maximum atomic E-state index is 12.9. The fourth-order valence-electron chi connectivity index (χ4n) is 2.87. The Morgan fingerprint density at radius 1 is 0.893 bits per heavy atom. The molecular weight excluding hydrogens is 350 g/mol. The van der Waals surface area contributed by atoms with E-state index in [0.717, 1.165) is 11.1 Å². The maximum absolute atomic E-state index is 12.9. The summed E-state index contributed by atoms with van der Waals surface area (Å²) >= 11 is 0. The summed E-state index contributed by atoms with van der Waals surface area (Å²) in [5, 5.41) is 2.86. The van der Waals surface area contributed by atoms with Gasteiger partial charge in [0.2, 0.25) is 0 Å². The summed E-state index contributed by atoms with van der Waals surface area (Å²) in [6, 6.07) is 21.1. The molecule has 1 heterocycles. The molecule has 0 aliphatic heterocycles. The van der Waals surface area contributed by atoms with Gasteiger partial charge in [-0.25, -0.2) is 0 Å². The fraction of sp³-hybridized carbons (Fsp3) is 0.174. The first-order chi connectivity index (χ1) is 13.7. The topological polar surface area (TPSA) is 62.3 Å². The summed E-state index contributed by atoms with van der Waals surface area (Å²) in [7, 11) is 0. The standard InChI is InChI=1S/C23H23N3O2/c1-2-26(17-19-11-7-4-8-12-19)23(28)21-13-20(15-24-16-21)22(27)25-14-18-9-5-3-6-10-18/h3-13,15-16H,2,14,17H2,1H3,(H,25,27). The summed E-state index contributed by atoms with van der Waals surface area (Å²) in [5.74, 6) is -0.395. The van der Waals surface area contributed by atoms with Gasteiger partial charge in [-0.2, -0.15) is 0 Å². The molecule has 3 aromatic rings. The predicted molar refractivity (Wildman–Crippen MR) is 109 cm³/mol. The highest BCUT2D eigenvalue weighted by atomic mass is 16.2. The number of carbonyl (C=O) groups excluding carboxylic acids is 2. The molecule has 0 aliphatic carbocycles. The minimum absolute atomic E-state index is 0.142. The highest BCUT2D eigenvalue weighted by molar-refractivity contribution is 5.99. The molecule has 1 N–H and O–H groups in total. The molecule has 0 bridgehead atoms. The zero-order valence-corrected chi connectivity index (χ0v) is 15.8. The molecule has 5 nitrogen and oxygen atoms in total. The number of hydrogen-bond donors (Lipinski definition) is 1. The Hall–Kier alpha value is -3.47. The molecule has 28 heavy (non-hydrogen) atoms. The molecule has 0 radical (unpaired) electrons. The van der Waals surface area contributed by atoms with Crippen LogP contribution >= 0.6 is 0 Å². The SMILES string of the molecule is CCN(Cc1ccccc1)C(=O)c1cncc(C(=O)NCc2ccccc2)c1. The molecule has 5 heteroatoms. The average Bonchev–Trinajstić information content (AvgIpc) is 2.77. The van der Waals surface area contributed by atoms with Crippen molar-refractivity contribution in [2.24, 2.45) is 0 Å². The Labute approximate surface area is 165 Å². The van der Waals surface area contributed by atoms with E-state index in [-0.39, 0.29) is 11.8 Å². The number of rotatable bonds is 7. The molecule has 0 saturated carbocycles. The van der Waals surface area contributed by atoms with Crippen LogP contribution in [0.3, 0.4) is 0 Å². The van der Waals surface area contributed by atoms with Gasteiger partial charge in [0.25, 0.3) is 11.8 Å². The lowest BCUT2D eigenvalue weighted by Crippen LogP contribution is -2.31. The first kappa shape index (κ1) is 19.3. The van der Waals surface area contributed by atoms with Crippen LogP contribution in [0.15, 0.2) is 79.1 Å².